The molecule has 1 saturated heterocycles. The first-order valence-electron chi connectivity index (χ1n) is 7.02. The third-order valence-corrected chi connectivity index (χ3v) is 3.83. The molecule has 0 aromatic heterocycles. The lowest BCUT2D eigenvalue weighted by Gasteiger charge is -2.35. The number of methoxy groups -OCH3 is 1. The number of hydrogen-bond donors (Lipinski definition) is 2. The lowest BCUT2D eigenvalue weighted by molar-refractivity contribution is 0.0574. The van der Waals surface area contributed by atoms with E-state index in [1.54, 1.807) is 25.3 Å². The van der Waals surface area contributed by atoms with E-state index in [0.717, 1.165) is 25.8 Å². The number of anilines is 1. The molecule has 1 amide bonds. The molecule has 1 unspecified atom stereocenters. The summed E-state index contributed by atoms with van der Waals surface area (Å²) in [7, 11) is 1.55. The molecule has 1 aliphatic rings. The number of carbonyl (C=O) groups is 1. The Morgan fingerprint density at radius 3 is 2.95 bits per heavy atom. The fourth-order valence-corrected chi connectivity index (χ4v) is 2.75. The summed E-state index contributed by atoms with van der Waals surface area (Å²) in [5, 5.41) is 9.13. The molecule has 5 nitrogen and oxygen atoms in total. The number of likely N-dealkylation sites (tertiary alicyclic amines) is 1. The van der Waals surface area contributed by atoms with Crippen molar-refractivity contribution in [3.05, 3.63) is 23.8 Å². The number of nitrogens with two attached hydrogens (primary N) is 1. The average Bonchev–Trinajstić information content (AvgIpc) is 2.47. The second-order valence-electron chi connectivity index (χ2n) is 5.12. The van der Waals surface area contributed by atoms with E-state index in [1.807, 2.05) is 4.90 Å². The summed E-state index contributed by atoms with van der Waals surface area (Å²) in [6.07, 6.45) is 3.72. The molecular weight excluding hydrogens is 256 g/mol. The summed E-state index contributed by atoms with van der Waals surface area (Å²) in [5.74, 6) is 0.560. The second-order valence-corrected chi connectivity index (χ2v) is 5.12. The van der Waals surface area contributed by atoms with E-state index >= 15 is 0 Å². The third-order valence-electron chi connectivity index (χ3n) is 3.83. The summed E-state index contributed by atoms with van der Waals surface area (Å²) in [6.45, 7) is 0.856. The number of carbonyl (C=O) groups excluding carboxylic acids is 1. The highest BCUT2D eigenvalue weighted by molar-refractivity contribution is 5.95. The molecule has 1 atom stereocenters. The lowest BCUT2D eigenvalue weighted by Crippen LogP contribution is -2.44. The molecule has 110 valence electrons. The maximum absolute atomic E-state index is 12.6. The number of piperidine rings is 1. The highest BCUT2D eigenvalue weighted by atomic mass is 16.5. The van der Waals surface area contributed by atoms with E-state index in [1.165, 1.54) is 0 Å². The highest BCUT2D eigenvalue weighted by Gasteiger charge is 2.27. The molecule has 1 fully saturated rings. The van der Waals surface area contributed by atoms with Crippen molar-refractivity contribution in [2.24, 2.45) is 0 Å². The predicted octanol–water partition coefficient (Wildman–Crippen LogP) is 1.65. The van der Waals surface area contributed by atoms with Crippen LogP contribution in [0.4, 0.5) is 5.69 Å². The summed E-state index contributed by atoms with van der Waals surface area (Å²) >= 11 is 0. The van der Waals surface area contributed by atoms with Crippen molar-refractivity contribution in [1.29, 1.82) is 0 Å². The Morgan fingerprint density at radius 1 is 1.50 bits per heavy atom. The van der Waals surface area contributed by atoms with Crippen molar-refractivity contribution in [2.75, 3.05) is 26.0 Å². The Labute approximate surface area is 119 Å². The quantitative estimate of drug-likeness (QED) is 0.821. The van der Waals surface area contributed by atoms with E-state index in [4.69, 9.17) is 15.6 Å². The van der Waals surface area contributed by atoms with Crippen molar-refractivity contribution in [3.63, 3.8) is 0 Å². The van der Waals surface area contributed by atoms with Crippen molar-refractivity contribution in [3.8, 4) is 5.75 Å². The molecule has 1 aliphatic heterocycles. The molecule has 0 radical (unpaired) electrons. The van der Waals surface area contributed by atoms with Crippen molar-refractivity contribution in [2.45, 2.75) is 31.7 Å². The first kappa shape index (κ1) is 14.7. The van der Waals surface area contributed by atoms with E-state index in [0.29, 0.717) is 23.4 Å². The SMILES string of the molecule is COc1ccc(C(=O)N2CCCCC2CCO)cc1N. The van der Waals surface area contributed by atoms with Gasteiger partial charge in [-0.25, -0.2) is 0 Å². The molecule has 20 heavy (non-hydrogen) atoms. The highest BCUT2D eigenvalue weighted by Crippen LogP contribution is 2.26. The first-order valence-corrected chi connectivity index (χ1v) is 7.02. The summed E-state index contributed by atoms with van der Waals surface area (Å²) < 4.78 is 5.10. The van der Waals surface area contributed by atoms with Gasteiger partial charge in [-0.1, -0.05) is 0 Å². The van der Waals surface area contributed by atoms with Crippen LogP contribution >= 0.6 is 0 Å². The molecule has 0 spiro atoms. The molecule has 2 rings (SSSR count). The number of rotatable bonds is 4. The van der Waals surface area contributed by atoms with Crippen LogP contribution in [0.2, 0.25) is 0 Å². The monoisotopic (exact) mass is 278 g/mol. The minimum absolute atomic E-state index is 0.0162. The fourth-order valence-electron chi connectivity index (χ4n) is 2.75. The van der Waals surface area contributed by atoms with Crippen molar-refractivity contribution < 1.29 is 14.6 Å². The Bertz CT molecular complexity index is 474. The van der Waals surface area contributed by atoms with Gasteiger partial charge >= 0.3 is 0 Å². The Kier molecular flexibility index (Phi) is 4.84. The molecule has 0 saturated carbocycles. The van der Waals surface area contributed by atoms with Gasteiger partial charge in [0, 0.05) is 24.8 Å². The zero-order valence-corrected chi connectivity index (χ0v) is 11.8. The number of nitrogens with zero attached hydrogens (tertiary/aromatic N) is 1. The van der Waals surface area contributed by atoms with Gasteiger partial charge in [-0.05, 0) is 43.9 Å². The smallest absolute Gasteiger partial charge is 0.254 e. The van der Waals surface area contributed by atoms with Gasteiger partial charge in [0.15, 0.2) is 0 Å². The van der Waals surface area contributed by atoms with Crippen LogP contribution in [0.5, 0.6) is 5.75 Å². The Balaban J connectivity index is 2.18. The minimum Gasteiger partial charge on any atom is -0.495 e. The van der Waals surface area contributed by atoms with Crippen LogP contribution in [0, 0.1) is 0 Å². The van der Waals surface area contributed by atoms with Crippen LogP contribution in [-0.4, -0.2) is 42.2 Å². The van der Waals surface area contributed by atoms with Gasteiger partial charge in [-0.15, -0.1) is 0 Å². The Morgan fingerprint density at radius 2 is 2.30 bits per heavy atom. The van der Waals surface area contributed by atoms with Crippen molar-refractivity contribution >= 4 is 11.6 Å². The molecule has 1 aromatic carbocycles. The number of benzene rings is 1. The number of amides is 1. The lowest BCUT2D eigenvalue weighted by atomic mass is 9.98. The van der Waals surface area contributed by atoms with Gasteiger partial charge in [-0.3, -0.25) is 4.79 Å². The van der Waals surface area contributed by atoms with E-state index < -0.39 is 0 Å². The zero-order valence-electron chi connectivity index (χ0n) is 11.8. The normalized spacial score (nSPS) is 18.9. The van der Waals surface area contributed by atoms with Gasteiger partial charge in [0.05, 0.1) is 12.8 Å². The molecule has 0 aliphatic carbocycles. The van der Waals surface area contributed by atoms with Crippen LogP contribution < -0.4 is 10.5 Å². The average molecular weight is 278 g/mol. The topological polar surface area (TPSA) is 75.8 Å². The summed E-state index contributed by atoms with van der Waals surface area (Å²) in [4.78, 5) is 14.4. The minimum atomic E-state index is -0.0162. The van der Waals surface area contributed by atoms with Crippen molar-refractivity contribution in [1.82, 2.24) is 4.90 Å². The number of aliphatic hydroxyl groups excluding tert-OH is 1. The largest absolute Gasteiger partial charge is 0.495 e. The zero-order chi connectivity index (χ0) is 14.5. The standard InChI is InChI=1S/C15H22N2O3/c1-20-14-6-5-11(10-13(14)16)15(19)17-8-3-2-4-12(17)7-9-18/h5-6,10,12,18H,2-4,7-9,16H2,1H3. The van der Waals surface area contributed by atoms with Gasteiger partial charge in [0.25, 0.3) is 5.91 Å². The molecule has 5 heteroatoms. The van der Waals surface area contributed by atoms with Gasteiger partial charge in [0.1, 0.15) is 5.75 Å². The van der Waals surface area contributed by atoms with E-state index in [9.17, 15) is 4.79 Å². The summed E-state index contributed by atoms with van der Waals surface area (Å²) in [5.41, 5.74) is 6.90. The number of nitrogen functional groups attached to an aromatic ring is 1. The van der Waals surface area contributed by atoms with Crippen LogP contribution in [0.1, 0.15) is 36.0 Å². The molecule has 1 heterocycles. The number of aliphatic hydroxyl groups is 1. The maximum Gasteiger partial charge on any atom is 0.254 e. The van der Waals surface area contributed by atoms with Crippen LogP contribution in [-0.2, 0) is 0 Å². The Hall–Kier alpha value is -1.75. The van der Waals surface area contributed by atoms with Crippen LogP contribution in [0.25, 0.3) is 0 Å². The second kappa shape index (κ2) is 6.61. The third kappa shape index (κ3) is 3.04. The molecular formula is C15H22N2O3. The fraction of sp³-hybridized carbons (Fsp3) is 0.533. The van der Waals surface area contributed by atoms with Gasteiger partial charge in [-0.2, -0.15) is 0 Å². The van der Waals surface area contributed by atoms with Crippen LogP contribution in [0.15, 0.2) is 18.2 Å². The van der Waals surface area contributed by atoms with E-state index in [-0.39, 0.29) is 18.6 Å². The van der Waals surface area contributed by atoms with E-state index in [2.05, 4.69) is 0 Å². The maximum atomic E-state index is 12.6. The first-order chi connectivity index (χ1) is 9.67. The summed E-state index contributed by atoms with van der Waals surface area (Å²) in [6, 6.07) is 5.24. The van der Waals surface area contributed by atoms with Gasteiger partial charge in [0.2, 0.25) is 0 Å². The molecule has 3 N–H and O–H groups in total. The van der Waals surface area contributed by atoms with Crippen LogP contribution in [0.3, 0.4) is 0 Å². The van der Waals surface area contributed by atoms with Gasteiger partial charge < -0.3 is 20.5 Å². The predicted molar refractivity (Wildman–Crippen MR) is 77.8 cm³/mol. The molecule has 1 aromatic rings. The molecule has 0 bridgehead atoms. The number of hydrogen-bond acceptors (Lipinski definition) is 4. The number of ether oxygens (including phenoxy) is 1.